The van der Waals surface area contributed by atoms with Crippen LogP contribution < -0.4 is 4.74 Å². The van der Waals surface area contributed by atoms with E-state index in [4.69, 9.17) is 4.74 Å². The lowest BCUT2D eigenvalue weighted by Gasteiger charge is -2.19. The number of H-pyrrole nitrogens is 1. The highest BCUT2D eigenvalue weighted by Crippen LogP contribution is 2.31. The van der Waals surface area contributed by atoms with E-state index >= 15 is 0 Å². The summed E-state index contributed by atoms with van der Waals surface area (Å²) in [6.45, 7) is 1.42. The Balaban J connectivity index is 1.34. The first kappa shape index (κ1) is 18.6. The molecule has 0 spiro atoms. The van der Waals surface area contributed by atoms with Crippen molar-refractivity contribution < 1.29 is 9.53 Å². The van der Waals surface area contributed by atoms with E-state index in [9.17, 15) is 4.79 Å². The van der Waals surface area contributed by atoms with E-state index in [1.54, 1.807) is 6.33 Å². The second-order valence-corrected chi connectivity index (χ2v) is 8.02. The van der Waals surface area contributed by atoms with Gasteiger partial charge in [-0.1, -0.05) is 24.3 Å². The molecule has 0 atom stereocenters. The molecule has 0 saturated heterocycles. The van der Waals surface area contributed by atoms with Crippen LogP contribution in [0.4, 0.5) is 0 Å². The van der Waals surface area contributed by atoms with Gasteiger partial charge in [-0.25, -0.2) is 9.97 Å². The smallest absolute Gasteiger partial charge is 0.290 e. The molecule has 158 valence electrons. The predicted molar refractivity (Wildman–Crippen MR) is 122 cm³/mol. The van der Waals surface area contributed by atoms with Crippen LogP contribution in [-0.2, 0) is 13.6 Å². The van der Waals surface area contributed by atoms with Gasteiger partial charge in [-0.05, 0) is 47.5 Å². The number of para-hydroxylation sites is 2. The third kappa shape index (κ3) is 3.01. The number of ether oxygens (including phenoxy) is 1. The van der Waals surface area contributed by atoms with Gasteiger partial charge in [0, 0.05) is 19.2 Å². The summed E-state index contributed by atoms with van der Waals surface area (Å²) in [7, 11) is 1.88. The molecule has 7 nitrogen and oxygen atoms in total. The van der Waals surface area contributed by atoms with Crippen LogP contribution in [0, 0.1) is 0 Å². The molecule has 1 N–H and O–H groups in total. The first-order valence-electron chi connectivity index (χ1n) is 10.6. The molecule has 3 aromatic carbocycles. The standard InChI is InChI=1S/C25H21N5O2/c1-29-22-5-3-2-4-20(22)28-24(29)25(31)30-10-11-32-23-9-7-16(12-18(23)14-30)17-6-8-19-21(13-17)27-15-26-19/h2-9,12-13,15H,10-11,14H2,1H3,(H,26,27). The molecule has 1 aliphatic rings. The predicted octanol–water partition coefficient (Wildman–Crippen LogP) is 4.15. The Labute approximate surface area is 184 Å². The summed E-state index contributed by atoms with van der Waals surface area (Å²) in [6.07, 6.45) is 1.70. The second-order valence-electron chi connectivity index (χ2n) is 8.02. The van der Waals surface area contributed by atoms with E-state index in [1.807, 2.05) is 52.9 Å². The lowest BCUT2D eigenvalue weighted by Crippen LogP contribution is -2.34. The minimum Gasteiger partial charge on any atom is -0.491 e. The largest absolute Gasteiger partial charge is 0.491 e. The van der Waals surface area contributed by atoms with E-state index < -0.39 is 0 Å². The number of imidazole rings is 2. The van der Waals surface area contributed by atoms with Crippen molar-refractivity contribution in [2.24, 2.45) is 7.05 Å². The van der Waals surface area contributed by atoms with Crippen molar-refractivity contribution in [3.05, 3.63) is 78.4 Å². The molecule has 5 aromatic rings. The topological polar surface area (TPSA) is 76.0 Å². The number of amides is 1. The number of benzene rings is 3. The highest BCUT2D eigenvalue weighted by molar-refractivity contribution is 5.95. The zero-order valence-electron chi connectivity index (χ0n) is 17.6. The van der Waals surface area contributed by atoms with Crippen LogP contribution in [0.15, 0.2) is 67.0 Å². The highest BCUT2D eigenvalue weighted by Gasteiger charge is 2.25. The number of carbonyl (C=O) groups excluding carboxylic acids is 1. The summed E-state index contributed by atoms with van der Waals surface area (Å²) in [4.78, 5) is 27.2. The Morgan fingerprint density at radius 3 is 2.78 bits per heavy atom. The van der Waals surface area contributed by atoms with Gasteiger partial charge in [0.15, 0.2) is 5.82 Å². The molecule has 0 saturated carbocycles. The fourth-order valence-electron chi connectivity index (χ4n) is 4.34. The Bertz CT molecular complexity index is 1480. The minimum absolute atomic E-state index is 0.0931. The van der Waals surface area contributed by atoms with Crippen molar-refractivity contribution in [3.63, 3.8) is 0 Å². The summed E-state index contributed by atoms with van der Waals surface area (Å²) < 4.78 is 7.83. The maximum atomic E-state index is 13.4. The van der Waals surface area contributed by atoms with Crippen LogP contribution in [0.1, 0.15) is 16.2 Å². The molecule has 0 aliphatic carbocycles. The lowest BCUT2D eigenvalue weighted by atomic mass is 10.0. The Kier molecular flexibility index (Phi) is 4.21. The van der Waals surface area contributed by atoms with E-state index in [0.29, 0.717) is 25.5 Å². The van der Waals surface area contributed by atoms with Gasteiger partial charge in [0.1, 0.15) is 12.4 Å². The number of nitrogens with one attached hydrogen (secondary N) is 1. The summed E-state index contributed by atoms with van der Waals surface area (Å²) in [5.74, 6) is 1.16. The van der Waals surface area contributed by atoms with Crippen molar-refractivity contribution >= 4 is 28.0 Å². The van der Waals surface area contributed by atoms with E-state index in [2.05, 4.69) is 39.2 Å². The molecular weight excluding hydrogens is 402 g/mol. The molecule has 2 aromatic heterocycles. The number of rotatable bonds is 2. The van der Waals surface area contributed by atoms with Gasteiger partial charge in [0.25, 0.3) is 5.91 Å². The Morgan fingerprint density at radius 2 is 1.88 bits per heavy atom. The third-order valence-corrected chi connectivity index (χ3v) is 6.06. The molecule has 0 bridgehead atoms. The maximum Gasteiger partial charge on any atom is 0.290 e. The molecular formula is C25H21N5O2. The zero-order valence-corrected chi connectivity index (χ0v) is 17.6. The summed E-state index contributed by atoms with van der Waals surface area (Å²) >= 11 is 0. The molecule has 0 radical (unpaired) electrons. The van der Waals surface area contributed by atoms with E-state index in [1.165, 1.54) is 0 Å². The highest BCUT2D eigenvalue weighted by atomic mass is 16.5. The number of aryl methyl sites for hydroxylation is 1. The van der Waals surface area contributed by atoms with Crippen molar-refractivity contribution in [1.82, 2.24) is 24.4 Å². The summed E-state index contributed by atoms with van der Waals surface area (Å²) in [5, 5.41) is 0. The summed E-state index contributed by atoms with van der Waals surface area (Å²) in [6, 6.07) is 20.1. The maximum absolute atomic E-state index is 13.4. The molecule has 0 unspecified atom stereocenters. The zero-order chi connectivity index (χ0) is 21.7. The van der Waals surface area contributed by atoms with Gasteiger partial charge in [-0.2, -0.15) is 0 Å². The molecule has 0 fully saturated rings. The molecule has 1 aliphatic heterocycles. The molecule has 6 rings (SSSR count). The average molecular weight is 423 g/mol. The number of aromatic amines is 1. The molecule has 3 heterocycles. The number of hydrogen-bond acceptors (Lipinski definition) is 4. The lowest BCUT2D eigenvalue weighted by molar-refractivity contribution is 0.0718. The van der Waals surface area contributed by atoms with Crippen LogP contribution in [0.2, 0.25) is 0 Å². The van der Waals surface area contributed by atoms with Crippen LogP contribution in [0.25, 0.3) is 33.2 Å². The number of hydrogen-bond donors (Lipinski definition) is 1. The van der Waals surface area contributed by atoms with Crippen molar-refractivity contribution in [3.8, 4) is 16.9 Å². The Morgan fingerprint density at radius 1 is 1.03 bits per heavy atom. The van der Waals surface area contributed by atoms with Gasteiger partial charge in [-0.15, -0.1) is 0 Å². The van der Waals surface area contributed by atoms with Crippen molar-refractivity contribution in [2.75, 3.05) is 13.2 Å². The molecule has 32 heavy (non-hydrogen) atoms. The fraction of sp³-hybridized carbons (Fsp3) is 0.160. The quantitative estimate of drug-likeness (QED) is 0.463. The van der Waals surface area contributed by atoms with Crippen LogP contribution in [0.3, 0.4) is 0 Å². The number of aromatic nitrogens is 4. The average Bonchev–Trinajstić information content (AvgIpc) is 3.35. The fourth-order valence-corrected chi connectivity index (χ4v) is 4.34. The molecule has 1 amide bonds. The van der Waals surface area contributed by atoms with Gasteiger partial charge in [0.05, 0.1) is 34.9 Å². The van der Waals surface area contributed by atoms with Crippen LogP contribution in [0.5, 0.6) is 5.75 Å². The normalized spacial score (nSPS) is 13.7. The first-order valence-corrected chi connectivity index (χ1v) is 10.6. The van der Waals surface area contributed by atoms with Crippen LogP contribution in [-0.4, -0.2) is 43.5 Å². The first-order chi connectivity index (χ1) is 15.7. The van der Waals surface area contributed by atoms with Crippen LogP contribution >= 0.6 is 0 Å². The van der Waals surface area contributed by atoms with E-state index in [0.717, 1.165) is 44.5 Å². The van der Waals surface area contributed by atoms with Gasteiger partial charge < -0.3 is 19.2 Å². The van der Waals surface area contributed by atoms with Gasteiger partial charge in [0.2, 0.25) is 0 Å². The van der Waals surface area contributed by atoms with E-state index in [-0.39, 0.29) is 5.91 Å². The SMILES string of the molecule is Cn1c(C(=O)N2CCOc3ccc(-c4ccc5nc[nH]c5c4)cc3C2)nc2ccccc21. The number of carbonyl (C=O) groups is 1. The van der Waals surface area contributed by atoms with Crippen molar-refractivity contribution in [2.45, 2.75) is 6.54 Å². The second kappa shape index (κ2) is 7.23. The molecule has 7 heteroatoms. The van der Waals surface area contributed by atoms with Crippen molar-refractivity contribution in [1.29, 1.82) is 0 Å². The van der Waals surface area contributed by atoms with Gasteiger partial charge >= 0.3 is 0 Å². The number of nitrogens with zero attached hydrogens (tertiary/aromatic N) is 4. The van der Waals surface area contributed by atoms with Gasteiger partial charge in [-0.3, -0.25) is 4.79 Å². The monoisotopic (exact) mass is 423 g/mol. The Hall–Kier alpha value is -4.13. The minimum atomic E-state index is -0.0931. The summed E-state index contributed by atoms with van der Waals surface area (Å²) in [5.41, 5.74) is 6.83. The third-order valence-electron chi connectivity index (χ3n) is 6.06. The number of fused-ring (bicyclic) bond motifs is 3.